The first-order valence-electron chi connectivity index (χ1n) is 13.9. The average molecular weight is 443 g/mol. The predicted octanol–water partition coefficient (Wildman–Crippen LogP) is 8.21. The minimum absolute atomic E-state index is 0.106. The van der Waals surface area contributed by atoms with E-state index in [1.165, 1.54) is 57.8 Å². The van der Waals surface area contributed by atoms with Crippen LogP contribution in [-0.4, -0.2) is 12.1 Å². The number of carbonyl (C=O) groups is 1. The largest absolute Gasteiger partial charge is 0.462 e. The van der Waals surface area contributed by atoms with E-state index in [1.807, 2.05) is 5.57 Å². The molecule has 4 aliphatic carbocycles. The first-order chi connectivity index (χ1) is 15.1. The summed E-state index contributed by atoms with van der Waals surface area (Å²) in [4.78, 5) is 11.6. The van der Waals surface area contributed by atoms with E-state index in [0.717, 1.165) is 36.0 Å². The molecule has 0 aromatic carbocycles. The minimum atomic E-state index is -0.106. The van der Waals surface area contributed by atoms with Crippen molar-refractivity contribution >= 4 is 5.97 Å². The number of fused-ring (bicyclic) bond motifs is 5. The van der Waals surface area contributed by atoms with Crippen LogP contribution in [0.1, 0.15) is 113 Å². The molecule has 0 aromatic heterocycles. The summed E-state index contributed by atoms with van der Waals surface area (Å²) in [5.41, 5.74) is 2.76. The predicted molar refractivity (Wildman–Crippen MR) is 133 cm³/mol. The Labute approximate surface area is 198 Å². The number of esters is 1. The normalized spacial score (nSPS) is 44.3. The van der Waals surface area contributed by atoms with Gasteiger partial charge in [-0.2, -0.15) is 0 Å². The summed E-state index contributed by atoms with van der Waals surface area (Å²) >= 11 is 0. The fraction of sp³-hybridized carbons (Fsp3) is 0.900. The summed E-state index contributed by atoms with van der Waals surface area (Å²) < 4.78 is 5.75. The smallest absolute Gasteiger partial charge is 0.302 e. The SMILES string of the molecule is CC(=O)O[C@H]1CC[C@]2(C)[C@H]3CC[C@]4(C)[C@@H]([C@H](C)CCCC(C)C)CC[C@H]4C3=CC[C@H]2[C@@H]1C. The minimum Gasteiger partial charge on any atom is -0.462 e. The van der Waals surface area contributed by atoms with Gasteiger partial charge in [-0.05, 0) is 97.2 Å². The van der Waals surface area contributed by atoms with E-state index in [2.05, 4.69) is 47.6 Å². The molecule has 2 nitrogen and oxygen atoms in total. The molecule has 0 unspecified atom stereocenters. The first kappa shape index (κ1) is 24.3. The summed E-state index contributed by atoms with van der Waals surface area (Å²) in [6.07, 6.45) is 16.2. The maximum atomic E-state index is 11.6. The maximum Gasteiger partial charge on any atom is 0.302 e. The molecular weight excluding hydrogens is 392 g/mol. The lowest BCUT2D eigenvalue weighted by atomic mass is 9.46. The molecule has 4 aliphatic rings. The second-order valence-electron chi connectivity index (χ2n) is 13.2. The number of carbonyl (C=O) groups excluding carboxylic acids is 1. The van der Waals surface area contributed by atoms with Gasteiger partial charge >= 0.3 is 5.97 Å². The van der Waals surface area contributed by atoms with E-state index < -0.39 is 0 Å². The zero-order valence-electron chi connectivity index (χ0n) is 22.1. The molecule has 0 saturated heterocycles. The summed E-state index contributed by atoms with van der Waals surface area (Å²) in [5, 5.41) is 0. The second kappa shape index (κ2) is 9.10. The molecule has 3 fully saturated rings. The molecule has 0 heterocycles. The number of hydrogen-bond acceptors (Lipinski definition) is 2. The van der Waals surface area contributed by atoms with Crippen LogP contribution in [0.4, 0.5) is 0 Å². The van der Waals surface area contributed by atoms with Gasteiger partial charge in [0.1, 0.15) is 6.10 Å². The van der Waals surface area contributed by atoms with Gasteiger partial charge in [-0.3, -0.25) is 4.79 Å². The van der Waals surface area contributed by atoms with Crippen molar-refractivity contribution in [3.8, 4) is 0 Å². The van der Waals surface area contributed by atoms with Gasteiger partial charge in [0.2, 0.25) is 0 Å². The van der Waals surface area contributed by atoms with Crippen LogP contribution in [0.2, 0.25) is 0 Å². The Hall–Kier alpha value is -0.790. The third-order valence-electron chi connectivity index (χ3n) is 11.1. The van der Waals surface area contributed by atoms with Gasteiger partial charge in [0, 0.05) is 6.92 Å². The molecule has 0 aliphatic heterocycles. The van der Waals surface area contributed by atoms with Crippen LogP contribution < -0.4 is 0 Å². The van der Waals surface area contributed by atoms with Crippen LogP contribution in [0.5, 0.6) is 0 Å². The molecule has 0 aromatic rings. The van der Waals surface area contributed by atoms with Gasteiger partial charge in [0.05, 0.1) is 0 Å². The Kier molecular flexibility index (Phi) is 6.92. The van der Waals surface area contributed by atoms with Crippen molar-refractivity contribution in [2.24, 2.45) is 52.3 Å². The lowest BCUT2D eigenvalue weighted by Crippen LogP contribution is -2.53. The Bertz CT molecular complexity index is 722. The van der Waals surface area contributed by atoms with Crippen LogP contribution in [0.15, 0.2) is 11.6 Å². The fourth-order valence-corrected chi connectivity index (χ4v) is 9.33. The summed E-state index contributed by atoms with van der Waals surface area (Å²) in [6.45, 7) is 16.5. The van der Waals surface area contributed by atoms with Crippen LogP contribution in [0, 0.1) is 52.3 Å². The van der Waals surface area contributed by atoms with E-state index in [-0.39, 0.29) is 12.1 Å². The van der Waals surface area contributed by atoms with Crippen LogP contribution in [0.25, 0.3) is 0 Å². The molecular formula is C30H50O2. The van der Waals surface area contributed by atoms with Crippen LogP contribution >= 0.6 is 0 Å². The molecule has 3 saturated carbocycles. The molecule has 182 valence electrons. The second-order valence-corrected chi connectivity index (χ2v) is 13.2. The highest BCUT2D eigenvalue weighted by Gasteiger charge is 2.59. The molecule has 0 bridgehead atoms. The summed E-state index contributed by atoms with van der Waals surface area (Å²) in [5.74, 6) is 5.21. The van der Waals surface area contributed by atoms with Gasteiger partial charge in [-0.25, -0.2) is 0 Å². The summed E-state index contributed by atoms with van der Waals surface area (Å²) in [7, 11) is 0. The Morgan fingerprint density at radius 3 is 2.41 bits per heavy atom. The molecule has 4 rings (SSSR count). The third-order valence-corrected chi connectivity index (χ3v) is 11.1. The summed E-state index contributed by atoms with van der Waals surface area (Å²) in [6, 6.07) is 0. The van der Waals surface area contributed by atoms with Crippen molar-refractivity contribution in [2.75, 3.05) is 0 Å². The monoisotopic (exact) mass is 442 g/mol. The average Bonchev–Trinajstić information content (AvgIpc) is 3.07. The lowest BCUT2D eigenvalue weighted by Gasteiger charge is -2.59. The third kappa shape index (κ3) is 4.11. The Morgan fingerprint density at radius 1 is 1.03 bits per heavy atom. The molecule has 32 heavy (non-hydrogen) atoms. The number of hydrogen-bond donors (Lipinski definition) is 0. The Morgan fingerprint density at radius 2 is 1.72 bits per heavy atom. The molecule has 9 atom stereocenters. The highest BCUT2D eigenvalue weighted by atomic mass is 16.5. The molecule has 0 N–H and O–H groups in total. The quantitative estimate of drug-likeness (QED) is 0.306. The van der Waals surface area contributed by atoms with E-state index in [4.69, 9.17) is 4.74 Å². The van der Waals surface area contributed by atoms with Gasteiger partial charge in [0.25, 0.3) is 0 Å². The van der Waals surface area contributed by atoms with E-state index in [1.54, 1.807) is 6.92 Å². The Balaban J connectivity index is 1.50. The van der Waals surface area contributed by atoms with Crippen LogP contribution in [0.3, 0.4) is 0 Å². The van der Waals surface area contributed by atoms with E-state index >= 15 is 0 Å². The highest BCUT2D eigenvalue weighted by Crippen LogP contribution is 2.67. The van der Waals surface area contributed by atoms with Crippen molar-refractivity contribution in [3.63, 3.8) is 0 Å². The standard InChI is InChI=1S/C30H50O2/c1-19(2)9-8-10-20(3)24-13-14-26-23-11-12-25-21(4)28(32-22(5)31)16-18-30(25,7)27(23)15-17-29(24,26)6/h11,19-21,24-28H,8-10,12-18H2,1-7H3/t20-,21+,24-,25+,26+,27+,28+,29-,30+/m1/s1. The highest BCUT2D eigenvalue weighted by molar-refractivity contribution is 5.66. The topological polar surface area (TPSA) is 26.3 Å². The van der Waals surface area contributed by atoms with Crippen molar-refractivity contribution in [1.82, 2.24) is 0 Å². The van der Waals surface area contributed by atoms with Crippen molar-refractivity contribution in [3.05, 3.63) is 11.6 Å². The van der Waals surface area contributed by atoms with Gasteiger partial charge in [0.15, 0.2) is 0 Å². The van der Waals surface area contributed by atoms with Gasteiger partial charge < -0.3 is 4.74 Å². The maximum absolute atomic E-state index is 11.6. The fourth-order valence-electron chi connectivity index (χ4n) is 9.33. The van der Waals surface area contributed by atoms with Gasteiger partial charge in [-0.15, -0.1) is 0 Å². The van der Waals surface area contributed by atoms with Gasteiger partial charge in [-0.1, -0.05) is 72.5 Å². The number of allylic oxidation sites excluding steroid dienone is 2. The number of ether oxygens (including phenoxy) is 1. The number of rotatable bonds is 6. The van der Waals surface area contributed by atoms with Crippen molar-refractivity contribution in [2.45, 2.75) is 119 Å². The van der Waals surface area contributed by atoms with E-state index in [0.29, 0.717) is 22.7 Å². The lowest BCUT2D eigenvalue weighted by molar-refractivity contribution is -0.158. The first-order valence-corrected chi connectivity index (χ1v) is 13.9. The zero-order valence-corrected chi connectivity index (χ0v) is 22.1. The van der Waals surface area contributed by atoms with E-state index in [9.17, 15) is 4.79 Å². The van der Waals surface area contributed by atoms with Crippen LogP contribution in [-0.2, 0) is 9.53 Å². The molecule has 0 spiro atoms. The molecule has 2 heteroatoms. The van der Waals surface area contributed by atoms with Crippen molar-refractivity contribution in [1.29, 1.82) is 0 Å². The zero-order chi connectivity index (χ0) is 23.3. The van der Waals surface area contributed by atoms with Crippen molar-refractivity contribution < 1.29 is 9.53 Å². The molecule has 0 radical (unpaired) electrons. The molecule has 0 amide bonds.